The quantitative estimate of drug-likeness (QED) is 0.802. The van der Waals surface area contributed by atoms with Gasteiger partial charge in [0.25, 0.3) is 0 Å². The first kappa shape index (κ1) is 10.6. The number of halogens is 1. The zero-order chi connectivity index (χ0) is 10.7. The minimum absolute atomic E-state index is 0.0565. The number of anilines is 1. The summed E-state index contributed by atoms with van der Waals surface area (Å²) in [7, 11) is 1.62. The predicted molar refractivity (Wildman–Crippen MR) is 61.7 cm³/mol. The van der Waals surface area contributed by atoms with Gasteiger partial charge in [0.05, 0.1) is 12.6 Å². The number of rotatable bonds is 4. The van der Waals surface area contributed by atoms with Crippen LogP contribution in [0.4, 0.5) is 5.82 Å². The Balaban J connectivity index is 2.09. The lowest BCUT2D eigenvalue weighted by Gasteiger charge is -2.41. The van der Waals surface area contributed by atoms with E-state index in [2.05, 4.69) is 10.3 Å². The predicted octanol–water partition coefficient (Wildman–Crippen LogP) is 2.66. The van der Waals surface area contributed by atoms with Crippen LogP contribution in [0.5, 0.6) is 5.88 Å². The Morgan fingerprint density at radius 2 is 2.33 bits per heavy atom. The van der Waals surface area contributed by atoms with Crippen molar-refractivity contribution in [1.82, 2.24) is 4.98 Å². The number of pyridine rings is 1. The molecule has 0 aromatic carbocycles. The summed E-state index contributed by atoms with van der Waals surface area (Å²) in [6, 6.07) is 5.70. The Morgan fingerprint density at radius 1 is 1.53 bits per heavy atom. The molecule has 4 heteroatoms. The Labute approximate surface area is 94.8 Å². The topological polar surface area (TPSA) is 34.1 Å². The molecular formula is C11H15ClN2O. The monoisotopic (exact) mass is 226 g/mol. The molecule has 0 amide bonds. The fourth-order valence-corrected chi connectivity index (χ4v) is 2.10. The molecule has 0 bridgehead atoms. The van der Waals surface area contributed by atoms with Crippen LogP contribution in [0.25, 0.3) is 0 Å². The number of hydrogen-bond donors (Lipinski definition) is 1. The van der Waals surface area contributed by atoms with Gasteiger partial charge in [0.2, 0.25) is 5.88 Å². The SMILES string of the molecule is COc1cccc(NC2(CCl)CCC2)n1. The number of alkyl halides is 1. The summed E-state index contributed by atoms with van der Waals surface area (Å²) in [5.41, 5.74) is 0.0565. The lowest BCUT2D eigenvalue weighted by atomic mass is 9.78. The van der Waals surface area contributed by atoms with Crippen LogP contribution in [0.2, 0.25) is 0 Å². The maximum Gasteiger partial charge on any atom is 0.214 e. The molecule has 0 saturated heterocycles. The molecule has 1 aromatic heterocycles. The van der Waals surface area contributed by atoms with Crippen LogP contribution in [0.3, 0.4) is 0 Å². The van der Waals surface area contributed by atoms with E-state index in [1.54, 1.807) is 7.11 Å². The summed E-state index contributed by atoms with van der Waals surface area (Å²) in [5.74, 6) is 2.10. The maximum absolute atomic E-state index is 5.96. The molecule has 0 radical (unpaired) electrons. The summed E-state index contributed by atoms with van der Waals surface area (Å²) < 4.78 is 5.07. The molecule has 1 aliphatic rings. The van der Waals surface area contributed by atoms with Gasteiger partial charge in [-0.3, -0.25) is 0 Å². The Kier molecular flexibility index (Phi) is 3.00. The number of aromatic nitrogens is 1. The van der Waals surface area contributed by atoms with Crippen LogP contribution < -0.4 is 10.1 Å². The fourth-order valence-electron chi connectivity index (χ4n) is 1.77. The van der Waals surface area contributed by atoms with Crippen molar-refractivity contribution in [2.24, 2.45) is 0 Å². The van der Waals surface area contributed by atoms with Crippen LogP contribution in [0, 0.1) is 0 Å². The smallest absolute Gasteiger partial charge is 0.214 e. The summed E-state index contributed by atoms with van der Waals surface area (Å²) in [4.78, 5) is 4.31. The minimum Gasteiger partial charge on any atom is -0.481 e. The highest BCUT2D eigenvalue weighted by atomic mass is 35.5. The average molecular weight is 227 g/mol. The third-order valence-electron chi connectivity index (χ3n) is 2.89. The molecule has 1 N–H and O–H groups in total. The Bertz CT molecular complexity index is 334. The second-order valence-electron chi connectivity index (χ2n) is 3.96. The third kappa shape index (κ3) is 2.17. The van der Waals surface area contributed by atoms with Crippen molar-refractivity contribution < 1.29 is 4.74 Å². The molecule has 1 fully saturated rings. The van der Waals surface area contributed by atoms with E-state index in [1.165, 1.54) is 6.42 Å². The molecule has 3 nitrogen and oxygen atoms in total. The van der Waals surface area contributed by atoms with Gasteiger partial charge in [-0.05, 0) is 25.3 Å². The van der Waals surface area contributed by atoms with Crippen molar-refractivity contribution in [2.45, 2.75) is 24.8 Å². The van der Waals surface area contributed by atoms with Crippen molar-refractivity contribution in [1.29, 1.82) is 0 Å². The first-order valence-electron chi connectivity index (χ1n) is 5.13. The summed E-state index contributed by atoms with van der Waals surface area (Å²) in [5, 5.41) is 3.39. The molecule has 15 heavy (non-hydrogen) atoms. The molecule has 0 atom stereocenters. The van der Waals surface area contributed by atoms with Gasteiger partial charge in [0.1, 0.15) is 5.82 Å². The van der Waals surface area contributed by atoms with Crippen LogP contribution in [-0.2, 0) is 0 Å². The van der Waals surface area contributed by atoms with Crippen molar-refractivity contribution in [2.75, 3.05) is 18.3 Å². The molecule has 1 aliphatic carbocycles. The van der Waals surface area contributed by atoms with E-state index >= 15 is 0 Å². The van der Waals surface area contributed by atoms with Gasteiger partial charge >= 0.3 is 0 Å². The van der Waals surface area contributed by atoms with Gasteiger partial charge in [0.15, 0.2) is 0 Å². The molecule has 82 valence electrons. The fraction of sp³-hybridized carbons (Fsp3) is 0.545. The third-order valence-corrected chi connectivity index (χ3v) is 3.40. The van der Waals surface area contributed by atoms with E-state index in [-0.39, 0.29) is 5.54 Å². The van der Waals surface area contributed by atoms with Gasteiger partial charge < -0.3 is 10.1 Å². The van der Waals surface area contributed by atoms with Crippen molar-refractivity contribution in [3.63, 3.8) is 0 Å². The normalized spacial score (nSPS) is 18.0. The van der Waals surface area contributed by atoms with Gasteiger partial charge in [-0.25, -0.2) is 0 Å². The van der Waals surface area contributed by atoms with E-state index < -0.39 is 0 Å². The molecule has 0 unspecified atom stereocenters. The Hall–Kier alpha value is -0.960. The molecule has 0 spiro atoms. The lowest BCUT2D eigenvalue weighted by molar-refractivity contribution is 0.309. The van der Waals surface area contributed by atoms with Crippen molar-refractivity contribution >= 4 is 17.4 Å². The Morgan fingerprint density at radius 3 is 2.87 bits per heavy atom. The summed E-state index contributed by atoms with van der Waals surface area (Å²) >= 11 is 5.96. The van der Waals surface area contributed by atoms with Gasteiger partial charge in [-0.2, -0.15) is 4.98 Å². The molecule has 1 aromatic rings. The second kappa shape index (κ2) is 4.27. The minimum atomic E-state index is 0.0565. The van der Waals surface area contributed by atoms with Crippen molar-refractivity contribution in [3.8, 4) is 5.88 Å². The number of methoxy groups -OCH3 is 1. The lowest BCUT2D eigenvalue weighted by Crippen LogP contribution is -2.47. The molecule has 1 heterocycles. The first-order chi connectivity index (χ1) is 7.28. The van der Waals surface area contributed by atoms with Crippen LogP contribution in [0.1, 0.15) is 19.3 Å². The summed E-state index contributed by atoms with van der Waals surface area (Å²) in [6.07, 6.45) is 3.48. The number of nitrogens with one attached hydrogen (secondary N) is 1. The van der Waals surface area contributed by atoms with E-state index in [4.69, 9.17) is 16.3 Å². The number of nitrogens with zero attached hydrogens (tertiary/aromatic N) is 1. The molecular weight excluding hydrogens is 212 g/mol. The van der Waals surface area contributed by atoms with Gasteiger partial charge in [-0.15, -0.1) is 11.6 Å². The van der Waals surface area contributed by atoms with E-state index in [0.29, 0.717) is 11.8 Å². The van der Waals surface area contributed by atoms with Crippen molar-refractivity contribution in [3.05, 3.63) is 18.2 Å². The number of ether oxygens (including phenoxy) is 1. The second-order valence-corrected chi connectivity index (χ2v) is 4.22. The highest BCUT2D eigenvalue weighted by molar-refractivity contribution is 6.19. The van der Waals surface area contributed by atoms with E-state index in [0.717, 1.165) is 18.7 Å². The molecule has 1 saturated carbocycles. The summed E-state index contributed by atoms with van der Waals surface area (Å²) in [6.45, 7) is 0. The van der Waals surface area contributed by atoms with Gasteiger partial charge in [0, 0.05) is 11.9 Å². The largest absolute Gasteiger partial charge is 0.481 e. The first-order valence-corrected chi connectivity index (χ1v) is 5.67. The van der Waals surface area contributed by atoms with Crippen LogP contribution in [-0.4, -0.2) is 23.5 Å². The highest BCUT2D eigenvalue weighted by Gasteiger charge is 2.36. The standard InChI is InChI=1S/C11H15ClN2O/c1-15-10-5-2-4-9(13-10)14-11(8-12)6-3-7-11/h2,4-5H,3,6-8H2,1H3,(H,13,14). The molecule has 2 rings (SSSR count). The maximum atomic E-state index is 5.96. The zero-order valence-electron chi connectivity index (χ0n) is 8.79. The van der Waals surface area contributed by atoms with E-state index in [9.17, 15) is 0 Å². The number of hydrogen-bond acceptors (Lipinski definition) is 3. The highest BCUT2D eigenvalue weighted by Crippen LogP contribution is 2.36. The zero-order valence-corrected chi connectivity index (χ0v) is 9.55. The van der Waals surface area contributed by atoms with Crippen LogP contribution in [0.15, 0.2) is 18.2 Å². The van der Waals surface area contributed by atoms with Crippen LogP contribution >= 0.6 is 11.6 Å². The van der Waals surface area contributed by atoms with E-state index in [1.807, 2.05) is 18.2 Å². The van der Waals surface area contributed by atoms with Gasteiger partial charge in [-0.1, -0.05) is 6.07 Å². The average Bonchev–Trinajstić information content (AvgIpc) is 2.24. The molecule has 0 aliphatic heterocycles.